The minimum atomic E-state index is -3.54. The van der Waals surface area contributed by atoms with E-state index in [0.29, 0.717) is 17.7 Å². The molecule has 0 aliphatic heterocycles. The van der Waals surface area contributed by atoms with Crippen LogP contribution in [0.1, 0.15) is 49.3 Å². The number of aliphatic hydroxyl groups is 1. The third-order valence-corrected chi connectivity index (χ3v) is 7.03. The smallest absolute Gasteiger partial charge is 0.241 e. The van der Waals surface area contributed by atoms with Gasteiger partial charge < -0.3 is 5.11 Å². The van der Waals surface area contributed by atoms with E-state index >= 15 is 0 Å². The Morgan fingerprint density at radius 2 is 1.81 bits per heavy atom. The molecule has 4 nitrogen and oxygen atoms in total. The van der Waals surface area contributed by atoms with E-state index in [1.165, 1.54) is 11.3 Å². The zero-order valence-corrected chi connectivity index (χ0v) is 14.8. The molecule has 0 saturated heterocycles. The quantitative estimate of drug-likeness (QED) is 0.891. The Bertz CT molecular complexity index is 607. The predicted octanol–water partition coefficient (Wildman–Crippen LogP) is 2.97. The van der Waals surface area contributed by atoms with Gasteiger partial charge in [0.15, 0.2) is 0 Å². The summed E-state index contributed by atoms with van der Waals surface area (Å²) in [5, 5.41) is 10.6. The molecular weight excluding hydrogens is 306 g/mol. The summed E-state index contributed by atoms with van der Waals surface area (Å²) in [6.45, 7) is 8.18. The zero-order valence-electron chi connectivity index (χ0n) is 13.2. The van der Waals surface area contributed by atoms with E-state index in [2.05, 4.69) is 18.6 Å². The van der Waals surface area contributed by atoms with Crippen molar-refractivity contribution < 1.29 is 13.5 Å². The van der Waals surface area contributed by atoms with Crippen molar-refractivity contribution in [2.75, 3.05) is 6.54 Å². The van der Waals surface area contributed by atoms with Crippen molar-refractivity contribution >= 4 is 21.4 Å². The van der Waals surface area contributed by atoms with Gasteiger partial charge in [-0.2, -0.15) is 0 Å². The van der Waals surface area contributed by atoms with Crippen LogP contribution in [0.4, 0.5) is 0 Å². The standard InChI is InChI=1S/C15H25NO3S2/c1-11-9-13(12(2)20-11)21(18,19)16-10-15(17)7-5-14(3,4)6-8-15/h9,16-17H,5-8,10H2,1-4H3. The lowest BCUT2D eigenvalue weighted by Crippen LogP contribution is -2.46. The first-order chi connectivity index (χ1) is 9.53. The first kappa shape index (κ1) is 16.9. The van der Waals surface area contributed by atoms with Crippen LogP contribution in [0.3, 0.4) is 0 Å². The number of nitrogens with one attached hydrogen (secondary N) is 1. The van der Waals surface area contributed by atoms with Gasteiger partial charge in [-0.3, -0.25) is 0 Å². The second kappa shape index (κ2) is 5.65. The van der Waals surface area contributed by atoms with E-state index < -0.39 is 15.6 Å². The molecule has 120 valence electrons. The third kappa shape index (κ3) is 4.06. The monoisotopic (exact) mass is 331 g/mol. The van der Waals surface area contributed by atoms with Gasteiger partial charge in [-0.15, -0.1) is 11.3 Å². The maximum Gasteiger partial charge on any atom is 0.241 e. The fourth-order valence-electron chi connectivity index (χ4n) is 2.75. The van der Waals surface area contributed by atoms with Crippen LogP contribution < -0.4 is 4.72 Å². The lowest BCUT2D eigenvalue weighted by atomic mass is 9.71. The first-order valence-electron chi connectivity index (χ1n) is 7.32. The lowest BCUT2D eigenvalue weighted by molar-refractivity contribution is -0.0205. The van der Waals surface area contributed by atoms with Crippen molar-refractivity contribution in [3.63, 3.8) is 0 Å². The van der Waals surface area contributed by atoms with Gasteiger partial charge in [0.1, 0.15) is 0 Å². The van der Waals surface area contributed by atoms with Crippen molar-refractivity contribution in [3.05, 3.63) is 15.8 Å². The Labute approximate surface area is 131 Å². The summed E-state index contributed by atoms with van der Waals surface area (Å²) >= 11 is 1.47. The Kier molecular flexibility index (Phi) is 4.55. The average Bonchev–Trinajstić information content (AvgIpc) is 2.72. The third-order valence-electron chi connectivity index (χ3n) is 4.41. The van der Waals surface area contributed by atoms with E-state index in [1.807, 2.05) is 13.8 Å². The molecule has 0 bridgehead atoms. The van der Waals surface area contributed by atoms with E-state index in [9.17, 15) is 13.5 Å². The Morgan fingerprint density at radius 1 is 1.24 bits per heavy atom. The Balaban J connectivity index is 2.04. The molecular formula is C15H25NO3S2. The molecule has 1 saturated carbocycles. The highest BCUT2D eigenvalue weighted by Gasteiger charge is 2.37. The molecule has 6 heteroatoms. The number of hydrogen-bond donors (Lipinski definition) is 2. The summed E-state index contributed by atoms with van der Waals surface area (Å²) in [6.07, 6.45) is 3.12. The summed E-state index contributed by atoms with van der Waals surface area (Å²) < 4.78 is 27.3. The predicted molar refractivity (Wildman–Crippen MR) is 86.2 cm³/mol. The summed E-state index contributed by atoms with van der Waals surface area (Å²) in [4.78, 5) is 2.10. The highest BCUT2D eigenvalue weighted by Crippen LogP contribution is 2.40. The van der Waals surface area contributed by atoms with Crippen LogP contribution >= 0.6 is 11.3 Å². The van der Waals surface area contributed by atoms with Gasteiger partial charge >= 0.3 is 0 Å². The molecule has 0 radical (unpaired) electrons. The van der Waals surface area contributed by atoms with Crippen LogP contribution in [0.25, 0.3) is 0 Å². The highest BCUT2D eigenvalue weighted by molar-refractivity contribution is 7.89. The minimum absolute atomic E-state index is 0.0970. The minimum Gasteiger partial charge on any atom is -0.389 e. The molecule has 0 amide bonds. The van der Waals surface area contributed by atoms with E-state index in [4.69, 9.17) is 0 Å². The summed E-state index contributed by atoms with van der Waals surface area (Å²) in [6, 6.07) is 1.69. The molecule has 1 aliphatic rings. The van der Waals surface area contributed by atoms with E-state index in [-0.39, 0.29) is 12.0 Å². The molecule has 21 heavy (non-hydrogen) atoms. The molecule has 1 aliphatic carbocycles. The fraction of sp³-hybridized carbons (Fsp3) is 0.733. The van der Waals surface area contributed by atoms with Crippen LogP contribution in [0.15, 0.2) is 11.0 Å². The van der Waals surface area contributed by atoms with E-state index in [1.54, 1.807) is 6.07 Å². The first-order valence-corrected chi connectivity index (χ1v) is 9.62. The summed E-state index contributed by atoms with van der Waals surface area (Å²) in [7, 11) is -3.54. The van der Waals surface area contributed by atoms with Gasteiger partial charge in [0.2, 0.25) is 10.0 Å². The van der Waals surface area contributed by atoms with Crippen molar-refractivity contribution in [1.82, 2.24) is 4.72 Å². The van der Waals surface area contributed by atoms with Crippen molar-refractivity contribution in [1.29, 1.82) is 0 Å². The van der Waals surface area contributed by atoms with Gasteiger partial charge in [-0.1, -0.05) is 13.8 Å². The zero-order chi connectivity index (χ0) is 15.9. The molecule has 1 aromatic heterocycles. The average molecular weight is 332 g/mol. The van der Waals surface area contributed by atoms with Gasteiger partial charge in [0.25, 0.3) is 0 Å². The summed E-state index contributed by atoms with van der Waals surface area (Å²) in [5.74, 6) is 0. The van der Waals surface area contributed by atoms with Gasteiger partial charge in [-0.25, -0.2) is 13.1 Å². The molecule has 0 unspecified atom stereocenters. The second-order valence-electron chi connectivity index (χ2n) is 6.99. The number of aryl methyl sites for hydroxylation is 2. The molecule has 1 heterocycles. The van der Waals surface area contributed by atoms with E-state index in [0.717, 1.165) is 22.6 Å². The normalized spacial score (nSPS) is 21.4. The number of hydrogen-bond acceptors (Lipinski definition) is 4. The van der Waals surface area contributed by atoms with Crippen molar-refractivity contribution in [2.45, 2.75) is 63.9 Å². The van der Waals surface area contributed by atoms with Crippen LogP contribution in [0, 0.1) is 19.3 Å². The van der Waals surface area contributed by atoms with Crippen LogP contribution in [0.5, 0.6) is 0 Å². The Morgan fingerprint density at radius 3 is 2.29 bits per heavy atom. The molecule has 0 aromatic carbocycles. The van der Waals surface area contributed by atoms with Crippen LogP contribution in [-0.2, 0) is 10.0 Å². The SMILES string of the molecule is Cc1cc(S(=O)(=O)NCC2(O)CCC(C)(C)CC2)c(C)s1. The van der Waals surface area contributed by atoms with Gasteiger partial charge in [0, 0.05) is 16.3 Å². The second-order valence-corrected chi connectivity index (χ2v) is 10.2. The van der Waals surface area contributed by atoms with Crippen LogP contribution in [-0.4, -0.2) is 25.7 Å². The number of thiophene rings is 1. The molecule has 1 fully saturated rings. The Hall–Kier alpha value is -0.430. The maximum atomic E-state index is 12.4. The number of sulfonamides is 1. The molecule has 0 atom stereocenters. The van der Waals surface area contributed by atoms with Crippen molar-refractivity contribution in [2.24, 2.45) is 5.41 Å². The van der Waals surface area contributed by atoms with Gasteiger partial charge in [0.05, 0.1) is 10.5 Å². The molecule has 2 rings (SSSR count). The fourth-order valence-corrected chi connectivity index (χ4v) is 5.42. The summed E-state index contributed by atoms with van der Waals surface area (Å²) in [5.41, 5.74) is -0.673. The molecule has 2 N–H and O–H groups in total. The maximum absolute atomic E-state index is 12.4. The highest BCUT2D eigenvalue weighted by atomic mass is 32.2. The molecule has 1 aromatic rings. The topological polar surface area (TPSA) is 66.4 Å². The van der Waals surface area contributed by atoms with Gasteiger partial charge in [-0.05, 0) is 51.0 Å². The lowest BCUT2D eigenvalue weighted by Gasteiger charge is -2.40. The number of rotatable bonds is 4. The largest absolute Gasteiger partial charge is 0.389 e. The van der Waals surface area contributed by atoms with Crippen molar-refractivity contribution in [3.8, 4) is 0 Å². The molecule has 0 spiro atoms. The van der Waals surface area contributed by atoms with Crippen LogP contribution in [0.2, 0.25) is 0 Å².